The van der Waals surface area contributed by atoms with Gasteiger partial charge >= 0.3 is 4.33 Å². The number of benzene rings is 3. The number of sulfone groups is 2. The van der Waals surface area contributed by atoms with Gasteiger partial charge in [-0.15, -0.1) is 0 Å². The standard InChI is InChI=1S/C23H18FNO5S2/c24-23(31(27,28)20-7-3-1-4-8-20,32(29,30)21-9-5-2-6-10-21)22(15-16-26)19-13-11-18(17-25)12-14-19/h1-14,16,22H,15H2/t22-/m0/s1. The van der Waals surface area contributed by atoms with Crippen LogP contribution in [-0.2, 0) is 24.5 Å². The van der Waals surface area contributed by atoms with Crippen molar-refractivity contribution in [2.45, 2.75) is 26.5 Å². The molecule has 32 heavy (non-hydrogen) atoms. The van der Waals surface area contributed by atoms with Crippen LogP contribution in [0, 0.1) is 11.3 Å². The number of alkyl halides is 1. The first-order chi connectivity index (χ1) is 15.2. The lowest BCUT2D eigenvalue weighted by Crippen LogP contribution is -2.47. The fraction of sp³-hybridized carbons (Fsp3) is 0.130. The average Bonchev–Trinajstić information content (AvgIpc) is 2.83. The molecule has 164 valence electrons. The molecule has 3 rings (SSSR count). The largest absolute Gasteiger partial charge is 0.324 e. The van der Waals surface area contributed by atoms with Gasteiger partial charge in [0.1, 0.15) is 6.29 Å². The molecule has 1 atom stereocenters. The van der Waals surface area contributed by atoms with Crippen molar-refractivity contribution in [3.05, 3.63) is 96.1 Å². The van der Waals surface area contributed by atoms with Gasteiger partial charge in [-0.2, -0.15) is 5.26 Å². The van der Waals surface area contributed by atoms with Gasteiger partial charge in [0, 0.05) is 6.42 Å². The zero-order chi connectivity index (χ0) is 23.4. The Hall–Kier alpha value is -3.35. The summed E-state index contributed by atoms with van der Waals surface area (Å²) in [7, 11) is -10.3. The minimum atomic E-state index is -5.17. The van der Waals surface area contributed by atoms with Crippen LogP contribution < -0.4 is 0 Å². The van der Waals surface area contributed by atoms with Gasteiger partial charge < -0.3 is 4.79 Å². The highest BCUT2D eigenvalue weighted by Crippen LogP contribution is 2.48. The molecule has 0 fully saturated rings. The molecule has 3 aromatic rings. The van der Waals surface area contributed by atoms with Gasteiger partial charge in [-0.25, -0.2) is 21.2 Å². The fourth-order valence-electron chi connectivity index (χ4n) is 3.40. The summed E-state index contributed by atoms with van der Waals surface area (Å²) < 4.78 is 67.4. The molecule has 0 aromatic heterocycles. The number of halogens is 1. The Morgan fingerprint density at radius 2 is 1.25 bits per heavy atom. The topological polar surface area (TPSA) is 109 Å². The highest BCUT2D eigenvalue weighted by atomic mass is 32.3. The maximum Gasteiger partial charge on any atom is 0.324 e. The van der Waals surface area contributed by atoms with Crippen LogP contribution in [0.5, 0.6) is 0 Å². The molecule has 0 radical (unpaired) electrons. The highest BCUT2D eigenvalue weighted by Gasteiger charge is 2.62. The predicted molar refractivity (Wildman–Crippen MR) is 116 cm³/mol. The normalized spacial score (nSPS) is 13.1. The number of nitrogens with zero attached hydrogens (tertiary/aromatic N) is 1. The zero-order valence-corrected chi connectivity index (χ0v) is 18.3. The van der Waals surface area contributed by atoms with E-state index in [1.165, 1.54) is 60.7 Å². The second kappa shape index (κ2) is 9.02. The van der Waals surface area contributed by atoms with E-state index in [0.29, 0.717) is 0 Å². The van der Waals surface area contributed by atoms with Crippen molar-refractivity contribution in [3.63, 3.8) is 0 Å². The Morgan fingerprint density at radius 1 is 0.812 bits per heavy atom. The molecule has 0 amide bonds. The number of hydrogen-bond donors (Lipinski definition) is 0. The molecular formula is C23H18FNO5S2. The summed E-state index contributed by atoms with van der Waals surface area (Å²) in [5, 5.41) is 9.01. The molecule has 3 aromatic carbocycles. The Labute approximate surface area is 185 Å². The van der Waals surface area contributed by atoms with Crippen molar-refractivity contribution in [2.75, 3.05) is 0 Å². The van der Waals surface area contributed by atoms with Crippen LogP contribution in [0.25, 0.3) is 0 Å². The Kier molecular flexibility index (Phi) is 6.57. The number of carbonyl (C=O) groups excluding carboxylic acids is 1. The number of rotatable bonds is 8. The predicted octanol–water partition coefficient (Wildman–Crippen LogP) is 3.80. The third-order valence-corrected chi connectivity index (χ3v) is 10.2. The minimum Gasteiger partial charge on any atom is -0.303 e. The van der Waals surface area contributed by atoms with Crippen LogP contribution in [0.2, 0.25) is 0 Å². The fourth-order valence-corrected chi connectivity index (χ4v) is 8.02. The molecule has 0 aliphatic carbocycles. The van der Waals surface area contributed by atoms with Crippen molar-refractivity contribution in [3.8, 4) is 6.07 Å². The van der Waals surface area contributed by atoms with Gasteiger partial charge in [0.2, 0.25) is 19.7 Å². The highest BCUT2D eigenvalue weighted by molar-refractivity contribution is 8.10. The first-order valence-corrected chi connectivity index (χ1v) is 12.4. The maximum absolute atomic E-state index is 17.0. The van der Waals surface area contributed by atoms with E-state index in [0.717, 1.165) is 24.3 Å². The van der Waals surface area contributed by atoms with Crippen molar-refractivity contribution in [1.29, 1.82) is 5.26 Å². The second-order valence-electron chi connectivity index (χ2n) is 6.90. The molecule has 0 saturated carbocycles. The maximum atomic E-state index is 17.0. The third kappa shape index (κ3) is 3.83. The van der Waals surface area contributed by atoms with Gasteiger partial charge in [0.05, 0.1) is 27.3 Å². The van der Waals surface area contributed by atoms with E-state index in [9.17, 15) is 21.6 Å². The molecule has 0 unspecified atom stereocenters. The zero-order valence-electron chi connectivity index (χ0n) is 16.6. The quantitative estimate of drug-likeness (QED) is 0.462. The molecule has 9 heteroatoms. The van der Waals surface area contributed by atoms with E-state index in [4.69, 9.17) is 5.26 Å². The number of carbonyl (C=O) groups is 1. The summed E-state index contributed by atoms with van der Waals surface area (Å²) >= 11 is 0. The van der Waals surface area contributed by atoms with Gasteiger partial charge in [-0.05, 0) is 42.0 Å². The molecule has 0 saturated heterocycles. The van der Waals surface area contributed by atoms with E-state index in [2.05, 4.69) is 0 Å². The van der Waals surface area contributed by atoms with Crippen LogP contribution in [0.4, 0.5) is 4.39 Å². The van der Waals surface area contributed by atoms with Gasteiger partial charge in [-0.1, -0.05) is 48.5 Å². The van der Waals surface area contributed by atoms with E-state index >= 15 is 4.39 Å². The lowest BCUT2D eigenvalue weighted by Gasteiger charge is -2.32. The van der Waals surface area contributed by atoms with E-state index in [1.54, 1.807) is 0 Å². The van der Waals surface area contributed by atoms with E-state index < -0.39 is 46.1 Å². The SMILES string of the molecule is N#Cc1ccc([C@H](CC=O)C(F)(S(=O)(=O)c2ccccc2)S(=O)(=O)c2ccccc2)cc1. The van der Waals surface area contributed by atoms with Crippen molar-refractivity contribution < 1.29 is 26.0 Å². The first-order valence-electron chi connectivity index (χ1n) is 9.42. The van der Waals surface area contributed by atoms with Crippen LogP contribution in [0.3, 0.4) is 0 Å². The second-order valence-corrected chi connectivity index (χ2v) is 11.3. The summed E-state index contributed by atoms with van der Waals surface area (Å²) in [6, 6.07) is 19.8. The van der Waals surface area contributed by atoms with Crippen molar-refractivity contribution in [2.24, 2.45) is 0 Å². The summed E-state index contributed by atoms with van der Waals surface area (Å²) in [4.78, 5) is 10.4. The van der Waals surface area contributed by atoms with E-state index in [1.807, 2.05) is 6.07 Å². The molecule has 0 aliphatic rings. The van der Waals surface area contributed by atoms with Crippen molar-refractivity contribution in [1.82, 2.24) is 0 Å². The smallest absolute Gasteiger partial charge is 0.303 e. The third-order valence-electron chi connectivity index (χ3n) is 5.03. The first kappa shape index (κ1) is 23.3. The van der Waals surface area contributed by atoms with Crippen molar-refractivity contribution >= 4 is 26.0 Å². The summed E-state index contributed by atoms with van der Waals surface area (Å²) in [5.74, 6) is -1.89. The molecule has 0 N–H and O–H groups in total. The van der Waals surface area contributed by atoms with Crippen LogP contribution in [0.1, 0.15) is 23.5 Å². The molecule has 0 aliphatic heterocycles. The Morgan fingerprint density at radius 3 is 1.62 bits per heavy atom. The monoisotopic (exact) mass is 471 g/mol. The molecule has 6 nitrogen and oxygen atoms in total. The Balaban J connectivity index is 2.37. The number of hydrogen-bond acceptors (Lipinski definition) is 6. The Bertz CT molecular complexity index is 1280. The molecule has 0 bridgehead atoms. The van der Waals surface area contributed by atoms with Gasteiger partial charge in [0.15, 0.2) is 0 Å². The lowest BCUT2D eigenvalue weighted by molar-refractivity contribution is -0.108. The summed E-state index contributed by atoms with van der Waals surface area (Å²) in [5.41, 5.74) is 0.164. The number of aldehydes is 1. The summed E-state index contributed by atoms with van der Waals surface area (Å²) in [6.07, 6.45) is -0.446. The average molecular weight is 472 g/mol. The summed E-state index contributed by atoms with van der Waals surface area (Å²) in [6.45, 7) is 0. The molecule has 0 heterocycles. The van der Waals surface area contributed by atoms with Crippen LogP contribution >= 0.6 is 0 Å². The van der Waals surface area contributed by atoms with Gasteiger partial charge in [-0.3, -0.25) is 0 Å². The van der Waals surface area contributed by atoms with Gasteiger partial charge in [0.25, 0.3) is 0 Å². The van der Waals surface area contributed by atoms with Crippen LogP contribution in [-0.4, -0.2) is 27.5 Å². The molecule has 0 spiro atoms. The molecular weight excluding hydrogens is 453 g/mol. The van der Waals surface area contributed by atoms with Crippen LogP contribution in [0.15, 0.2) is 94.7 Å². The lowest BCUT2D eigenvalue weighted by atomic mass is 9.96. The minimum absolute atomic E-state index is 0.0439. The van der Waals surface area contributed by atoms with E-state index in [-0.39, 0.29) is 17.4 Å². The number of nitriles is 1.